The number of aryl methyl sites for hydroxylation is 1. The third kappa shape index (κ3) is 2.51. The number of hydrogen-bond acceptors (Lipinski definition) is 4. The van der Waals surface area contributed by atoms with Gasteiger partial charge in [-0.15, -0.1) is 0 Å². The number of nitrogens with one attached hydrogen (secondary N) is 1. The SMILES string of the molecule is Cc1cc(NCc2cccc(Cl)c2)n2ncnc2n1. The van der Waals surface area contributed by atoms with E-state index in [1.807, 2.05) is 37.3 Å². The summed E-state index contributed by atoms with van der Waals surface area (Å²) < 4.78 is 1.68. The summed E-state index contributed by atoms with van der Waals surface area (Å²) in [7, 11) is 0. The lowest BCUT2D eigenvalue weighted by Crippen LogP contribution is -2.06. The van der Waals surface area contributed by atoms with Gasteiger partial charge in [0.05, 0.1) is 0 Å². The lowest BCUT2D eigenvalue weighted by atomic mass is 10.2. The van der Waals surface area contributed by atoms with E-state index < -0.39 is 0 Å². The molecule has 2 heterocycles. The van der Waals surface area contributed by atoms with Crippen LogP contribution in [0.1, 0.15) is 11.3 Å². The van der Waals surface area contributed by atoms with Crippen molar-refractivity contribution in [3.8, 4) is 0 Å². The van der Waals surface area contributed by atoms with Crippen molar-refractivity contribution in [3.05, 3.63) is 52.9 Å². The van der Waals surface area contributed by atoms with Gasteiger partial charge in [0.2, 0.25) is 0 Å². The van der Waals surface area contributed by atoms with Crippen molar-refractivity contribution >= 4 is 23.2 Å². The average Bonchev–Trinajstić information content (AvgIpc) is 2.84. The summed E-state index contributed by atoms with van der Waals surface area (Å²) in [6.45, 7) is 2.60. The van der Waals surface area contributed by atoms with Crippen LogP contribution in [0.4, 0.5) is 5.82 Å². The van der Waals surface area contributed by atoms with Crippen LogP contribution in [0.5, 0.6) is 0 Å². The highest BCUT2D eigenvalue weighted by molar-refractivity contribution is 6.30. The van der Waals surface area contributed by atoms with Gasteiger partial charge in [-0.1, -0.05) is 23.7 Å². The van der Waals surface area contributed by atoms with Gasteiger partial charge in [0, 0.05) is 23.3 Å². The number of hydrogen-bond donors (Lipinski definition) is 1. The van der Waals surface area contributed by atoms with Gasteiger partial charge in [0.25, 0.3) is 5.78 Å². The van der Waals surface area contributed by atoms with Gasteiger partial charge < -0.3 is 5.32 Å². The molecule has 0 atom stereocenters. The van der Waals surface area contributed by atoms with Gasteiger partial charge in [0.15, 0.2) is 0 Å². The fourth-order valence-electron chi connectivity index (χ4n) is 1.90. The van der Waals surface area contributed by atoms with Crippen LogP contribution in [0, 0.1) is 6.92 Å². The van der Waals surface area contributed by atoms with E-state index in [0.29, 0.717) is 12.3 Å². The molecule has 96 valence electrons. The van der Waals surface area contributed by atoms with E-state index in [2.05, 4.69) is 20.4 Å². The Morgan fingerprint density at radius 3 is 3.05 bits per heavy atom. The number of rotatable bonds is 3. The second kappa shape index (κ2) is 4.85. The zero-order chi connectivity index (χ0) is 13.2. The zero-order valence-corrected chi connectivity index (χ0v) is 11.1. The first-order chi connectivity index (χ1) is 9.22. The molecule has 5 nitrogen and oxygen atoms in total. The third-order valence-electron chi connectivity index (χ3n) is 2.74. The molecule has 0 saturated carbocycles. The summed E-state index contributed by atoms with van der Waals surface area (Å²) in [5.74, 6) is 1.45. The second-order valence-electron chi connectivity index (χ2n) is 4.24. The largest absolute Gasteiger partial charge is 0.366 e. The summed E-state index contributed by atoms with van der Waals surface area (Å²) in [6, 6.07) is 9.68. The van der Waals surface area contributed by atoms with Crippen LogP contribution in [0.3, 0.4) is 0 Å². The Hall–Kier alpha value is -2.14. The molecule has 0 spiro atoms. The number of nitrogens with zero attached hydrogens (tertiary/aromatic N) is 4. The van der Waals surface area contributed by atoms with E-state index in [-0.39, 0.29) is 0 Å². The molecule has 1 aromatic carbocycles. The minimum absolute atomic E-state index is 0.591. The van der Waals surface area contributed by atoms with Gasteiger partial charge in [-0.3, -0.25) is 0 Å². The fraction of sp³-hybridized carbons (Fsp3) is 0.154. The van der Waals surface area contributed by atoms with Crippen LogP contribution in [0.25, 0.3) is 5.78 Å². The van der Waals surface area contributed by atoms with Crippen molar-refractivity contribution in [1.29, 1.82) is 0 Å². The summed E-state index contributed by atoms with van der Waals surface area (Å²) in [4.78, 5) is 8.38. The van der Waals surface area contributed by atoms with E-state index in [9.17, 15) is 0 Å². The molecular formula is C13H12ClN5. The molecule has 0 bridgehead atoms. The minimum Gasteiger partial charge on any atom is -0.366 e. The highest BCUT2D eigenvalue weighted by atomic mass is 35.5. The Morgan fingerprint density at radius 1 is 1.32 bits per heavy atom. The highest BCUT2D eigenvalue weighted by Crippen LogP contribution is 2.14. The molecule has 1 N–H and O–H groups in total. The van der Waals surface area contributed by atoms with Gasteiger partial charge in [0.1, 0.15) is 12.1 Å². The van der Waals surface area contributed by atoms with E-state index in [1.165, 1.54) is 6.33 Å². The quantitative estimate of drug-likeness (QED) is 0.797. The normalized spacial score (nSPS) is 10.8. The molecule has 0 aliphatic heterocycles. The lowest BCUT2D eigenvalue weighted by molar-refractivity contribution is 0.916. The van der Waals surface area contributed by atoms with E-state index in [0.717, 1.165) is 22.1 Å². The van der Waals surface area contributed by atoms with E-state index >= 15 is 0 Å². The summed E-state index contributed by atoms with van der Waals surface area (Å²) in [5.41, 5.74) is 2.00. The number of aromatic nitrogens is 4. The molecule has 0 amide bonds. The number of fused-ring (bicyclic) bond motifs is 1. The number of halogens is 1. The monoisotopic (exact) mass is 273 g/mol. The van der Waals surface area contributed by atoms with Crippen LogP contribution in [-0.4, -0.2) is 19.6 Å². The molecular weight excluding hydrogens is 262 g/mol. The minimum atomic E-state index is 0.591. The van der Waals surface area contributed by atoms with Crippen molar-refractivity contribution < 1.29 is 0 Å². The van der Waals surface area contributed by atoms with Crippen LogP contribution in [0.2, 0.25) is 5.02 Å². The van der Waals surface area contributed by atoms with Crippen molar-refractivity contribution in [3.63, 3.8) is 0 Å². The van der Waals surface area contributed by atoms with Gasteiger partial charge in [-0.2, -0.15) is 14.6 Å². The first-order valence-electron chi connectivity index (χ1n) is 5.88. The van der Waals surface area contributed by atoms with E-state index in [4.69, 9.17) is 11.6 Å². The maximum absolute atomic E-state index is 5.96. The Balaban J connectivity index is 1.87. The number of benzene rings is 1. The fourth-order valence-corrected chi connectivity index (χ4v) is 2.11. The topological polar surface area (TPSA) is 55.1 Å². The van der Waals surface area contributed by atoms with Gasteiger partial charge >= 0.3 is 0 Å². The van der Waals surface area contributed by atoms with Crippen LogP contribution >= 0.6 is 11.6 Å². The predicted molar refractivity (Wildman–Crippen MR) is 74.3 cm³/mol. The first kappa shape index (κ1) is 11.9. The first-order valence-corrected chi connectivity index (χ1v) is 6.26. The molecule has 0 fully saturated rings. The molecule has 0 radical (unpaired) electrons. The van der Waals surface area contributed by atoms with Crippen molar-refractivity contribution in [2.24, 2.45) is 0 Å². The standard InChI is InChI=1S/C13H12ClN5/c1-9-5-12(19-13(18-9)16-8-17-19)15-7-10-3-2-4-11(14)6-10/h2-6,8,15H,7H2,1H3. The van der Waals surface area contributed by atoms with Crippen molar-refractivity contribution in [2.75, 3.05) is 5.32 Å². The molecule has 19 heavy (non-hydrogen) atoms. The molecule has 0 unspecified atom stereocenters. The van der Waals surface area contributed by atoms with Crippen LogP contribution in [-0.2, 0) is 6.54 Å². The smallest absolute Gasteiger partial charge is 0.254 e. The second-order valence-corrected chi connectivity index (χ2v) is 4.67. The Bertz CT molecular complexity index is 722. The van der Waals surface area contributed by atoms with Crippen molar-refractivity contribution in [1.82, 2.24) is 19.6 Å². The Kier molecular flexibility index (Phi) is 3.05. The molecule has 0 aliphatic carbocycles. The maximum atomic E-state index is 5.96. The molecule has 2 aromatic heterocycles. The van der Waals surface area contributed by atoms with E-state index in [1.54, 1.807) is 4.52 Å². The molecule has 0 saturated heterocycles. The maximum Gasteiger partial charge on any atom is 0.254 e. The Labute approximate surface area is 115 Å². The summed E-state index contributed by atoms with van der Waals surface area (Å²) in [5, 5.41) is 8.20. The summed E-state index contributed by atoms with van der Waals surface area (Å²) in [6.07, 6.45) is 1.49. The molecule has 3 rings (SSSR count). The third-order valence-corrected chi connectivity index (χ3v) is 2.98. The average molecular weight is 274 g/mol. The number of anilines is 1. The van der Waals surface area contributed by atoms with Gasteiger partial charge in [-0.25, -0.2) is 4.98 Å². The highest BCUT2D eigenvalue weighted by Gasteiger charge is 2.05. The zero-order valence-electron chi connectivity index (χ0n) is 10.3. The van der Waals surface area contributed by atoms with Gasteiger partial charge in [-0.05, 0) is 24.6 Å². The molecule has 3 aromatic rings. The van der Waals surface area contributed by atoms with Crippen molar-refractivity contribution in [2.45, 2.75) is 13.5 Å². The summed E-state index contributed by atoms with van der Waals surface area (Å²) >= 11 is 5.96. The predicted octanol–water partition coefficient (Wildman–Crippen LogP) is 2.70. The lowest BCUT2D eigenvalue weighted by Gasteiger charge is -2.08. The van der Waals surface area contributed by atoms with Crippen LogP contribution in [0.15, 0.2) is 36.7 Å². The Morgan fingerprint density at radius 2 is 2.21 bits per heavy atom. The van der Waals surface area contributed by atoms with Crippen LogP contribution < -0.4 is 5.32 Å². The molecule has 0 aliphatic rings. The molecule has 6 heteroatoms.